The molecule has 6 heteroatoms. The van der Waals surface area contributed by atoms with E-state index in [0.29, 0.717) is 25.9 Å². The molecule has 0 saturated carbocycles. The third-order valence-electron chi connectivity index (χ3n) is 18.2. The summed E-state index contributed by atoms with van der Waals surface area (Å²) in [5.74, 6) is -0.0189. The summed E-state index contributed by atoms with van der Waals surface area (Å²) < 4.78 is 5.47. The summed E-state index contributed by atoms with van der Waals surface area (Å²) in [5, 5.41) is 23.5. The number of allylic oxidation sites excluding steroid dienone is 4. The Morgan fingerprint density at radius 3 is 0.881 bits per heavy atom. The lowest BCUT2D eigenvalue weighted by molar-refractivity contribution is -0.143. The van der Waals surface area contributed by atoms with Gasteiger partial charge in [-0.05, 0) is 70.6 Å². The molecule has 498 valence electrons. The van der Waals surface area contributed by atoms with Gasteiger partial charge >= 0.3 is 5.97 Å². The lowest BCUT2D eigenvalue weighted by Crippen LogP contribution is -2.45. The van der Waals surface area contributed by atoms with E-state index in [2.05, 4.69) is 43.5 Å². The minimum absolute atomic E-state index is 0.00786. The largest absolute Gasteiger partial charge is 0.466 e. The van der Waals surface area contributed by atoms with Crippen molar-refractivity contribution in [2.75, 3.05) is 13.2 Å². The van der Waals surface area contributed by atoms with Gasteiger partial charge < -0.3 is 20.3 Å². The first-order chi connectivity index (χ1) is 41.5. The summed E-state index contributed by atoms with van der Waals surface area (Å²) in [5.41, 5.74) is 0. The number of carbonyl (C=O) groups excluding carboxylic acids is 2. The highest BCUT2D eigenvalue weighted by molar-refractivity contribution is 5.76. The zero-order valence-electron chi connectivity index (χ0n) is 57.2. The highest BCUT2D eigenvalue weighted by Crippen LogP contribution is 2.20. The van der Waals surface area contributed by atoms with Crippen LogP contribution in [0.25, 0.3) is 0 Å². The Labute approximate surface area is 526 Å². The average molecular weight is 1180 g/mol. The Morgan fingerprint density at radius 1 is 0.321 bits per heavy atom. The SMILES string of the molecule is CCCC/C=C\CCCCCCCC(=O)OCCCCCCCCCCCCCC/C=C\CCCCCCCCCCCCCCCCCCC(=O)NC(CO)C(O)CCCCCCCCCCCCCCCCCCCCCCCCCC. The van der Waals surface area contributed by atoms with Crippen molar-refractivity contribution < 1.29 is 24.5 Å². The molecule has 0 aliphatic heterocycles. The molecule has 0 aliphatic carbocycles. The van der Waals surface area contributed by atoms with E-state index in [1.165, 1.54) is 360 Å². The lowest BCUT2D eigenvalue weighted by atomic mass is 10.0. The summed E-state index contributed by atoms with van der Waals surface area (Å²) >= 11 is 0. The normalized spacial score (nSPS) is 12.6. The van der Waals surface area contributed by atoms with Crippen molar-refractivity contribution in [2.24, 2.45) is 0 Å². The Kier molecular flexibility index (Phi) is 72.3. The number of ether oxygens (including phenoxy) is 1. The number of aliphatic hydroxyl groups excluding tert-OH is 2. The van der Waals surface area contributed by atoms with Crippen molar-refractivity contribution in [3.63, 3.8) is 0 Å². The maximum absolute atomic E-state index is 12.6. The van der Waals surface area contributed by atoms with Gasteiger partial charge in [0.15, 0.2) is 0 Å². The molecule has 0 heterocycles. The first-order valence-electron chi connectivity index (χ1n) is 38.6. The van der Waals surface area contributed by atoms with E-state index in [1.54, 1.807) is 0 Å². The van der Waals surface area contributed by atoms with E-state index in [1.807, 2.05) is 0 Å². The predicted octanol–water partition coefficient (Wildman–Crippen LogP) is 25.3. The third-order valence-corrected chi connectivity index (χ3v) is 18.2. The number of rotatable bonds is 73. The highest BCUT2D eigenvalue weighted by atomic mass is 16.5. The first-order valence-corrected chi connectivity index (χ1v) is 38.6. The maximum atomic E-state index is 12.6. The Morgan fingerprint density at radius 2 is 0.571 bits per heavy atom. The number of hydrogen-bond donors (Lipinski definition) is 3. The van der Waals surface area contributed by atoms with Crippen LogP contribution >= 0.6 is 0 Å². The van der Waals surface area contributed by atoms with E-state index in [4.69, 9.17) is 4.74 Å². The molecule has 0 spiro atoms. The second-order valence-corrected chi connectivity index (χ2v) is 26.7. The summed E-state index contributed by atoms with van der Waals surface area (Å²) in [6.07, 6.45) is 94.1. The zero-order chi connectivity index (χ0) is 60.6. The molecule has 0 bridgehead atoms. The molecule has 0 fully saturated rings. The van der Waals surface area contributed by atoms with Gasteiger partial charge in [0, 0.05) is 12.8 Å². The van der Waals surface area contributed by atoms with Crippen LogP contribution in [0.2, 0.25) is 0 Å². The average Bonchev–Trinajstić information content (AvgIpc) is 3.51. The van der Waals surface area contributed by atoms with Gasteiger partial charge in [-0.1, -0.05) is 378 Å². The number of esters is 1. The topological polar surface area (TPSA) is 95.9 Å². The third kappa shape index (κ3) is 69.4. The van der Waals surface area contributed by atoms with Crippen LogP contribution in [0, 0.1) is 0 Å². The predicted molar refractivity (Wildman–Crippen MR) is 370 cm³/mol. The molecule has 0 rings (SSSR count). The monoisotopic (exact) mass is 1180 g/mol. The summed E-state index contributed by atoms with van der Waals surface area (Å²) in [6.45, 7) is 4.96. The minimum Gasteiger partial charge on any atom is -0.466 e. The molecule has 0 radical (unpaired) electrons. The van der Waals surface area contributed by atoms with Crippen molar-refractivity contribution in [1.29, 1.82) is 0 Å². The van der Waals surface area contributed by atoms with E-state index in [9.17, 15) is 19.8 Å². The van der Waals surface area contributed by atoms with Crippen LogP contribution in [0.4, 0.5) is 0 Å². The van der Waals surface area contributed by atoms with Gasteiger partial charge in [-0.3, -0.25) is 9.59 Å². The highest BCUT2D eigenvalue weighted by Gasteiger charge is 2.20. The molecule has 0 aromatic heterocycles. The molecule has 0 saturated heterocycles. The Bertz CT molecular complexity index is 1320. The van der Waals surface area contributed by atoms with E-state index >= 15 is 0 Å². The van der Waals surface area contributed by atoms with Crippen molar-refractivity contribution in [1.82, 2.24) is 5.32 Å². The van der Waals surface area contributed by atoms with Crippen molar-refractivity contribution in [3.8, 4) is 0 Å². The van der Waals surface area contributed by atoms with Crippen LogP contribution in [-0.2, 0) is 14.3 Å². The zero-order valence-corrected chi connectivity index (χ0v) is 57.2. The quantitative estimate of drug-likeness (QED) is 0.0320. The van der Waals surface area contributed by atoms with Crippen molar-refractivity contribution in [3.05, 3.63) is 24.3 Å². The molecule has 6 nitrogen and oxygen atoms in total. The number of hydrogen-bond acceptors (Lipinski definition) is 5. The fraction of sp³-hybridized carbons (Fsp3) is 0.923. The molecule has 2 unspecified atom stereocenters. The molecule has 0 aliphatic rings. The molecule has 1 amide bonds. The van der Waals surface area contributed by atoms with Crippen LogP contribution < -0.4 is 5.32 Å². The van der Waals surface area contributed by atoms with Gasteiger partial charge in [0.25, 0.3) is 0 Å². The second kappa shape index (κ2) is 73.8. The number of nitrogens with one attached hydrogen (secondary N) is 1. The standard InChI is InChI=1S/C78H151NO5/c1-3-5-7-9-11-13-15-16-17-18-19-20-21-32-35-38-41-44-47-51-54-58-62-66-70-76(81)75(74-80)79-77(82)71-67-63-59-55-52-48-45-42-39-36-33-30-28-26-24-22-23-25-27-29-31-34-37-40-43-46-49-53-57-61-65-69-73-84-78(83)72-68-64-60-56-50-14-12-10-8-6-4-2/h10,12,25,27,75-76,80-81H,3-9,11,13-24,26,28-74H2,1-2H3,(H,79,82)/b12-10-,27-25-. The smallest absolute Gasteiger partial charge is 0.305 e. The summed E-state index contributed by atoms with van der Waals surface area (Å²) in [6, 6.07) is -0.541. The van der Waals surface area contributed by atoms with Gasteiger partial charge in [0.2, 0.25) is 5.91 Å². The Balaban J connectivity index is 3.36. The fourth-order valence-corrected chi connectivity index (χ4v) is 12.3. The van der Waals surface area contributed by atoms with Crippen molar-refractivity contribution >= 4 is 11.9 Å². The summed E-state index contributed by atoms with van der Waals surface area (Å²) in [4.78, 5) is 24.6. The van der Waals surface area contributed by atoms with Crippen LogP contribution in [0.15, 0.2) is 24.3 Å². The number of aliphatic hydroxyl groups is 2. The van der Waals surface area contributed by atoms with Crippen molar-refractivity contribution in [2.45, 2.75) is 450 Å². The first kappa shape index (κ1) is 82.3. The number of carbonyl (C=O) groups is 2. The van der Waals surface area contributed by atoms with Crippen LogP contribution in [0.1, 0.15) is 438 Å². The van der Waals surface area contributed by atoms with E-state index in [-0.39, 0.29) is 18.5 Å². The molecular weight excluding hydrogens is 1030 g/mol. The van der Waals surface area contributed by atoms with Gasteiger partial charge in [-0.2, -0.15) is 0 Å². The van der Waals surface area contributed by atoms with Crippen LogP contribution in [0.5, 0.6) is 0 Å². The molecule has 0 aromatic carbocycles. The van der Waals surface area contributed by atoms with Gasteiger partial charge in [-0.25, -0.2) is 0 Å². The van der Waals surface area contributed by atoms with E-state index in [0.717, 1.165) is 44.9 Å². The summed E-state index contributed by atoms with van der Waals surface area (Å²) in [7, 11) is 0. The molecule has 0 aromatic rings. The number of amides is 1. The van der Waals surface area contributed by atoms with E-state index < -0.39 is 12.1 Å². The lowest BCUT2D eigenvalue weighted by Gasteiger charge is -2.22. The van der Waals surface area contributed by atoms with Gasteiger partial charge in [0.05, 0.1) is 25.4 Å². The molecule has 3 N–H and O–H groups in total. The Hall–Kier alpha value is -1.66. The van der Waals surface area contributed by atoms with Crippen LogP contribution in [0.3, 0.4) is 0 Å². The minimum atomic E-state index is -0.664. The maximum Gasteiger partial charge on any atom is 0.305 e. The second-order valence-electron chi connectivity index (χ2n) is 26.7. The van der Waals surface area contributed by atoms with Crippen LogP contribution in [-0.4, -0.2) is 47.4 Å². The fourth-order valence-electron chi connectivity index (χ4n) is 12.3. The molecular formula is C78H151NO5. The molecule has 2 atom stereocenters. The van der Waals surface area contributed by atoms with Gasteiger partial charge in [0.1, 0.15) is 0 Å². The number of unbranched alkanes of at least 4 members (excludes halogenated alkanes) is 58. The van der Waals surface area contributed by atoms with Gasteiger partial charge in [-0.15, -0.1) is 0 Å². The molecule has 84 heavy (non-hydrogen) atoms.